The maximum Gasteiger partial charge on any atom is 0.411 e. The fraction of sp³-hybridized carbons (Fsp3) is 0.524. The molecule has 2 aliphatic rings. The first kappa shape index (κ1) is 65.7. The number of ether oxygens (including phenoxy) is 4. The molecular weight excluding hydrogens is 1100 g/mol. The molecule has 6 atom stereocenters. The Morgan fingerprint density at radius 3 is 1.63 bits per heavy atom. The Kier molecular flexibility index (Phi) is 25.9. The van der Waals surface area contributed by atoms with Crippen LogP contribution in [0.5, 0.6) is 11.5 Å². The van der Waals surface area contributed by atoms with E-state index in [1.807, 2.05) is 72.8 Å². The van der Waals surface area contributed by atoms with Gasteiger partial charge in [-0.2, -0.15) is 0 Å². The lowest BCUT2D eigenvalue weighted by molar-refractivity contribution is -0.149. The topological polar surface area (TPSA) is 185 Å². The summed E-state index contributed by atoms with van der Waals surface area (Å²) >= 11 is 3.40. The smallest absolute Gasteiger partial charge is 0.411 e. The third-order valence-electron chi connectivity index (χ3n) is 13.6. The van der Waals surface area contributed by atoms with Crippen LogP contribution in [0.25, 0.3) is 0 Å². The number of benzene rings is 4. The lowest BCUT2D eigenvalue weighted by Gasteiger charge is -2.43. The lowest BCUT2D eigenvalue weighted by Crippen LogP contribution is -2.65. The number of carbonyl (C=O) groups excluding carboxylic acids is 4. The second-order valence-corrected chi connectivity index (χ2v) is 23.7. The lowest BCUT2D eigenvalue weighted by atomic mass is 9.89. The second-order valence-electron chi connectivity index (χ2n) is 22.9. The number of nitrogens with zero attached hydrogens (tertiary/aromatic N) is 4. The standard InChI is InChI=1S/C32H42BrFN2O5.C31H44FN3O5.H2/c1-23(18-25-19-26(34)21-27(20-25)40-17-11-6-5-10-14-33)29(37)28-30(38)35(22-24-12-8-7-9-13-24)15-16-36(28)31(39)41-32(2,3)4;1-5-6-7-11-16-39-25-18-23(17-24(32)20-25)19-26(33)28(36)27-29(37)34(21-22-12-9-8-10-13-22)14-15-35(27)30(38)40-31(2,3)4;/h6-9,11-13,19-21,23,28-29,37H,5,10,14-18,22H2,1-4H3;8-10,12-13,17-18,20,26-28,36H,5-7,11,14-16,19,21,33H2,1-4H3;1H/t23-,28-,29-;26-,27-,28-;/m00./s1. The molecule has 81 heavy (non-hydrogen) atoms. The number of allylic oxidation sites excluding steroid dienone is 1. The van der Waals surface area contributed by atoms with Crippen molar-refractivity contribution >= 4 is 39.9 Å². The quantitative estimate of drug-likeness (QED) is 0.0345. The summed E-state index contributed by atoms with van der Waals surface area (Å²) in [6.45, 7) is 16.9. The molecule has 2 aliphatic heterocycles. The van der Waals surface area contributed by atoms with E-state index < -0.39 is 77.2 Å². The van der Waals surface area contributed by atoms with Crippen LogP contribution in [0, 0.1) is 17.6 Å². The first-order chi connectivity index (χ1) is 38.5. The molecule has 0 radical (unpaired) electrons. The Bertz CT molecular complexity index is 2650. The van der Waals surface area contributed by atoms with Crippen LogP contribution in [-0.4, -0.2) is 140 Å². The summed E-state index contributed by atoms with van der Waals surface area (Å²) in [4.78, 5) is 59.5. The Hall–Kier alpha value is -6.08. The Balaban J connectivity index is 0.000000348. The van der Waals surface area contributed by atoms with E-state index >= 15 is 0 Å². The van der Waals surface area contributed by atoms with Crippen molar-refractivity contribution < 1.29 is 58.5 Å². The maximum absolute atomic E-state index is 14.5. The monoisotopic (exact) mass is 1190 g/mol. The highest BCUT2D eigenvalue weighted by atomic mass is 79.9. The molecule has 446 valence electrons. The molecule has 15 nitrogen and oxygen atoms in total. The molecule has 2 saturated heterocycles. The van der Waals surface area contributed by atoms with E-state index in [9.17, 15) is 38.2 Å². The molecule has 0 aliphatic carbocycles. The van der Waals surface area contributed by atoms with E-state index in [0.29, 0.717) is 55.5 Å². The first-order valence-corrected chi connectivity index (χ1v) is 29.4. The Morgan fingerprint density at radius 2 is 1.15 bits per heavy atom. The van der Waals surface area contributed by atoms with E-state index in [1.165, 1.54) is 34.1 Å². The number of alkyl halides is 1. The Labute approximate surface area is 488 Å². The van der Waals surface area contributed by atoms with Gasteiger partial charge in [0.2, 0.25) is 11.8 Å². The maximum atomic E-state index is 14.5. The number of rotatable bonds is 24. The molecule has 0 bridgehead atoms. The van der Waals surface area contributed by atoms with E-state index in [4.69, 9.17) is 24.7 Å². The number of carbonyl (C=O) groups is 4. The van der Waals surface area contributed by atoms with Gasteiger partial charge in [-0.05, 0) is 126 Å². The van der Waals surface area contributed by atoms with Crippen molar-refractivity contribution in [2.24, 2.45) is 11.7 Å². The minimum Gasteiger partial charge on any atom is -0.493 e. The van der Waals surface area contributed by atoms with Crippen molar-refractivity contribution in [3.05, 3.63) is 143 Å². The van der Waals surface area contributed by atoms with Gasteiger partial charge in [0.15, 0.2) is 0 Å². The SMILES string of the molecule is CCCCCCOc1cc(F)cc(C[C@H](N)[C@H](O)[C@H]2C(=O)N(Cc3ccccc3)CCN2C(=O)OC(C)(C)C)c1.C[C@@H](Cc1cc(F)cc(OCC=CCCCBr)c1)[C@H](O)[C@H]1C(=O)N(Cc2ccccc2)CCN1C(=O)OC(C)(C)C.[HH]. The molecule has 2 fully saturated rings. The average Bonchev–Trinajstić information content (AvgIpc) is 3.47. The zero-order valence-corrected chi connectivity index (χ0v) is 50.1. The van der Waals surface area contributed by atoms with Crippen LogP contribution < -0.4 is 15.2 Å². The van der Waals surface area contributed by atoms with Crippen LogP contribution in [0.4, 0.5) is 18.4 Å². The summed E-state index contributed by atoms with van der Waals surface area (Å²) < 4.78 is 51.5. The summed E-state index contributed by atoms with van der Waals surface area (Å²) in [6.07, 6.45) is 6.43. The second kappa shape index (κ2) is 31.9. The highest BCUT2D eigenvalue weighted by molar-refractivity contribution is 9.09. The molecule has 2 heterocycles. The van der Waals surface area contributed by atoms with Gasteiger partial charge in [0.25, 0.3) is 0 Å². The van der Waals surface area contributed by atoms with Gasteiger partial charge in [0, 0.05) is 64.2 Å². The molecule has 4 N–H and O–H groups in total. The van der Waals surface area contributed by atoms with Crippen LogP contribution in [0.3, 0.4) is 0 Å². The predicted molar refractivity (Wildman–Crippen MR) is 316 cm³/mol. The number of hydrogen-bond donors (Lipinski definition) is 3. The van der Waals surface area contributed by atoms with Gasteiger partial charge in [-0.3, -0.25) is 19.4 Å². The number of unbranched alkanes of at least 4 members (excludes halogenated alkanes) is 4. The number of aliphatic hydroxyl groups is 2. The summed E-state index contributed by atoms with van der Waals surface area (Å²) in [7, 11) is 0. The van der Waals surface area contributed by atoms with Gasteiger partial charge in [0.05, 0.1) is 18.8 Å². The molecule has 0 spiro atoms. The van der Waals surface area contributed by atoms with Crippen molar-refractivity contribution in [1.82, 2.24) is 19.6 Å². The molecule has 0 aromatic heterocycles. The largest absolute Gasteiger partial charge is 0.493 e. The molecule has 0 saturated carbocycles. The molecule has 4 aromatic carbocycles. The molecule has 4 aromatic rings. The predicted octanol–water partition coefficient (Wildman–Crippen LogP) is 11.0. The van der Waals surface area contributed by atoms with Gasteiger partial charge in [0.1, 0.15) is 53.0 Å². The summed E-state index contributed by atoms with van der Waals surface area (Å²) in [5.74, 6) is -1.37. The Morgan fingerprint density at radius 1 is 0.667 bits per heavy atom. The normalized spacial score (nSPS) is 17.5. The zero-order chi connectivity index (χ0) is 59.3. The van der Waals surface area contributed by atoms with Gasteiger partial charge >= 0.3 is 12.2 Å². The number of piperazine rings is 2. The molecule has 6 rings (SSSR count). The van der Waals surface area contributed by atoms with E-state index in [1.54, 1.807) is 70.4 Å². The van der Waals surface area contributed by atoms with Crippen molar-refractivity contribution in [3.8, 4) is 11.5 Å². The molecule has 4 amide bonds. The van der Waals surface area contributed by atoms with Crippen molar-refractivity contribution in [2.45, 2.75) is 161 Å². The van der Waals surface area contributed by atoms with Crippen LogP contribution in [0.2, 0.25) is 0 Å². The zero-order valence-electron chi connectivity index (χ0n) is 48.5. The number of hydrogen-bond acceptors (Lipinski definition) is 11. The van der Waals surface area contributed by atoms with Gasteiger partial charge in [-0.1, -0.05) is 122 Å². The summed E-state index contributed by atoms with van der Waals surface area (Å²) in [6, 6.07) is 24.6. The number of halogens is 3. The third-order valence-corrected chi connectivity index (χ3v) is 14.1. The number of nitrogens with two attached hydrogens (primary N) is 1. The van der Waals surface area contributed by atoms with Crippen LogP contribution in [-0.2, 0) is 45.0 Å². The van der Waals surface area contributed by atoms with Crippen molar-refractivity contribution in [1.29, 1.82) is 0 Å². The van der Waals surface area contributed by atoms with Gasteiger partial charge < -0.3 is 44.7 Å². The fourth-order valence-electron chi connectivity index (χ4n) is 9.55. The molecule has 0 unspecified atom stereocenters. The minimum atomic E-state index is -1.42. The van der Waals surface area contributed by atoms with Crippen molar-refractivity contribution in [3.63, 3.8) is 0 Å². The van der Waals surface area contributed by atoms with Crippen molar-refractivity contribution in [2.75, 3.05) is 44.7 Å². The van der Waals surface area contributed by atoms with Crippen LogP contribution >= 0.6 is 15.9 Å². The number of aliphatic hydroxyl groups excluding tert-OH is 2. The molecular formula is C63H88BrF2N5O10. The van der Waals surface area contributed by atoms with Gasteiger partial charge in [-0.15, -0.1) is 0 Å². The third kappa shape index (κ3) is 21.6. The highest BCUT2D eigenvalue weighted by Crippen LogP contribution is 2.29. The van der Waals surface area contributed by atoms with Gasteiger partial charge in [-0.25, -0.2) is 18.4 Å². The summed E-state index contributed by atoms with van der Waals surface area (Å²) in [5, 5.41) is 23.8. The molecule has 18 heteroatoms. The highest BCUT2D eigenvalue weighted by Gasteiger charge is 2.47. The average molecular weight is 1190 g/mol. The van der Waals surface area contributed by atoms with E-state index in [0.717, 1.165) is 55.0 Å². The van der Waals surface area contributed by atoms with E-state index in [-0.39, 0.29) is 39.8 Å². The van der Waals surface area contributed by atoms with Crippen LogP contribution in [0.15, 0.2) is 109 Å². The number of amides is 4. The minimum absolute atomic E-state index is 0. The fourth-order valence-corrected chi connectivity index (χ4v) is 9.87. The summed E-state index contributed by atoms with van der Waals surface area (Å²) in [5.41, 5.74) is 7.92. The van der Waals surface area contributed by atoms with E-state index in [2.05, 4.69) is 22.9 Å². The first-order valence-electron chi connectivity index (χ1n) is 28.3. The van der Waals surface area contributed by atoms with Crippen LogP contribution in [0.1, 0.15) is 118 Å².